The number of hydrogen-bond donors (Lipinski definition) is 1. The molecule has 0 aliphatic heterocycles. The van der Waals surface area contributed by atoms with E-state index in [9.17, 15) is 14.7 Å². The van der Waals surface area contributed by atoms with E-state index in [0.717, 1.165) is 12.8 Å². The van der Waals surface area contributed by atoms with Crippen molar-refractivity contribution < 1.29 is 19.4 Å². The molecule has 1 aliphatic carbocycles. The monoisotopic (exact) mass is 248 g/mol. The van der Waals surface area contributed by atoms with Crippen LogP contribution in [0.5, 0.6) is 5.75 Å². The summed E-state index contributed by atoms with van der Waals surface area (Å²) in [6.07, 6.45) is 2.16. The maximum absolute atomic E-state index is 11.9. The van der Waals surface area contributed by atoms with Crippen molar-refractivity contribution in [1.82, 2.24) is 0 Å². The molecule has 1 saturated carbocycles. The molecule has 96 valence electrons. The van der Waals surface area contributed by atoms with E-state index in [2.05, 4.69) is 0 Å². The Hall–Kier alpha value is -1.84. The van der Waals surface area contributed by atoms with Gasteiger partial charge in [0.25, 0.3) is 0 Å². The molecule has 4 heteroatoms. The first-order chi connectivity index (χ1) is 8.59. The second-order valence-electron chi connectivity index (χ2n) is 4.58. The number of phenolic OH excluding ortho intramolecular Hbond substituents is 1. The number of ketones is 1. The van der Waals surface area contributed by atoms with Gasteiger partial charge in [-0.2, -0.15) is 0 Å². The zero-order valence-corrected chi connectivity index (χ0v) is 10.3. The Bertz CT molecular complexity index is 479. The highest BCUT2D eigenvalue weighted by molar-refractivity contribution is 5.95. The van der Waals surface area contributed by atoms with Crippen LogP contribution in [0.25, 0.3) is 0 Å². The quantitative estimate of drug-likeness (QED) is 0.816. The van der Waals surface area contributed by atoms with Gasteiger partial charge < -0.3 is 9.84 Å². The van der Waals surface area contributed by atoms with Gasteiger partial charge in [-0.05, 0) is 37.8 Å². The minimum absolute atomic E-state index is 0.0262. The molecule has 18 heavy (non-hydrogen) atoms. The van der Waals surface area contributed by atoms with E-state index in [1.54, 1.807) is 19.1 Å². The maximum atomic E-state index is 11.9. The number of para-hydroxylation sites is 1. The number of aryl methyl sites for hydroxylation is 1. The largest absolute Gasteiger partial charge is 0.507 e. The van der Waals surface area contributed by atoms with Crippen LogP contribution in [0.4, 0.5) is 0 Å². The number of phenols is 1. The van der Waals surface area contributed by atoms with Crippen LogP contribution in [-0.4, -0.2) is 23.0 Å². The summed E-state index contributed by atoms with van der Waals surface area (Å²) in [5.74, 6) is -0.732. The van der Waals surface area contributed by atoms with Crippen molar-refractivity contribution in [3.63, 3.8) is 0 Å². The molecule has 0 radical (unpaired) electrons. The summed E-state index contributed by atoms with van der Waals surface area (Å²) in [5.41, 5.74) is 0.729. The van der Waals surface area contributed by atoms with Crippen molar-refractivity contribution in [3.05, 3.63) is 29.3 Å². The number of aromatic hydroxyl groups is 1. The van der Waals surface area contributed by atoms with E-state index in [4.69, 9.17) is 4.74 Å². The average molecular weight is 248 g/mol. The molecule has 1 N–H and O–H groups in total. The summed E-state index contributed by atoms with van der Waals surface area (Å²) in [7, 11) is 0. The highest BCUT2D eigenvalue weighted by Gasteiger charge is 2.27. The molecule has 0 heterocycles. The minimum atomic E-state index is -0.647. The van der Waals surface area contributed by atoms with Crippen LogP contribution in [0, 0.1) is 6.92 Å². The molecule has 1 aliphatic rings. The van der Waals surface area contributed by atoms with Gasteiger partial charge in [0.2, 0.25) is 0 Å². The zero-order valence-electron chi connectivity index (χ0n) is 10.3. The molecule has 1 atom stereocenters. The van der Waals surface area contributed by atoms with E-state index in [-0.39, 0.29) is 17.1 Å². The van der Waals surface area contributed by atoms with E-state index < -0.39 is 12.1 Å². The van der Waals surface area contributed by atoms with Crippen molar-refractivity contribution in [2.24, 2.45) is 0 Å². The van der Waals surface area contributed by atoms with Crippen molar-refractivity contribution in [2.75, 3.05) is 0 Å². The average Bonchev–Trinajstić information content (AvgIpc) is 2.35. The molecule has 0 unspecified atom stereocenters. The summed E-state index contributed by atoms with van der Waals surface area (Å²) < 4.78 is 5.18. The van der Waals surface area contributed by atoms with Crippen LogP contribution in [0.2, 0.25) is 0 Å². The molecule has 0 saturated heterocycles. The summed E-state index contributed by atoms with van der Waals surface area (Å²) in [4.78, 5) is 23.5. The molecular weight excluding hydrogens is 232 g/mol. The second kappa shape index (κ2) is 5.21. The number of esters is 1. The fraction of sp³-hybridized carbons (Fsp3) is 0.429. The van der Waals surface area contributed by atoms with Crippen molar-refractivity contribution in [3.8, 4) is 5.75 Å². The molecule has 1 fully saturated rings. The third-order valence-corrected chi connectivity index (χ3v) is 3.21. The summed E-state index contributed by atoms with van der Waals surface area (Å²) >= 11 is 0. The Morgan fingerprint density at radius 3 is 2.89 bits per heavy atom. The number of benzene rings is 1. The van der Waals surface area contributed by atoms with Gasteiger partial charge in [-0.25, -0.2) is 4.79 Å². The standard InChI is InChI=1S/C14H16O4/c1-9-5-4-6-10(13(9)16)14(17)18-12-8-3-2-7-11(12)15/h4-6,12,16H,2-3,7-8H2,1H3/t12-/m1/s1. The molecule has 0 aromatic heterocycles. The van der Waals surface area contributed by atoms with Crippen LogP contribution in [-0.2, 0) is 9.53 Å². The first-order valence-electron chi connectivity index (χ1n) is 6.12. The van der Waals surface area contributed by atoms with E-state index in [1.807, 2.05) is 0 Å². The lowest BCUT2D eigenvalue weighted by atomic mass is 9.96. The van der Waals surface area contributed by atoms with Crippen LogP contribution in [0.3, 0.4) is 0 Å². The number of carbonyl (C=O) groups is 2. The molecule has 4 nitrogen and oxygen atoms in total. The first-order valence-corrected chi connectivity index (χ1v) is 6.12. The summed E-state index contributed by atoms with van der Waals surface area (Å²) in [6, 6.07) is 4.88. The molecular formula is C14H16O4. The molecule has 2 rings (SSSR count). The Balaban J connectivity index is 2.12. The number of carbonyl (C=O) groups excluding carboxylic acids is 2. The van der Waals surface area contributed by atoms with Crippen LogP contribution in [0.15, 0.2) is 18.2 Å². The van der Waals surface area contributed by atoms with E-state index >= 15 is 0 Å². The van der Waals surface area contributed by atoms with Gasteiger partial charge in [0.05, 0.1) is 0 Å². The molecule has 1 aromatic carbocycles. The summed E-state index contributed by atoms with van der Waals surface area (Å²) in [5, 5.41) is 9.78. The minimum Gasteiger partial charge on any atom is -0.507 e. The molecule has 0 spiro atoms. The lowest BCUT2D eigenvalue weighted by Crippen LogP contribution is -2.30. The zero-order chi connectivity index (χ0) is 13.1. The van der Waals surface area contributed by atoms with Gasteiger partial charge in [0.15, 0.2) is 11.9 Å². The van der Waals surface area contributed by atoms with E-state index in [1.165, 1.54) is 6.07 Å². The van der Waals surface area contributed by atoms with Gasteiger partial charge in [-0.3, -0.25) is 4.79 Å². The maximum Gasteiger partial charge on any atom is 0.342 e. The highest BCUT2D eigenvalue weighted by Crippen LogP contribution is 2.24. The topological polar surface area (TPSA) is 63.6 Å². The smallest absolute Gasteiger partial charge is 0.342 e. The third-order valence-electron chi connectivity index (χ3n) is 3.21. The van der Waals surface area contributed by atoms with Gasteiger partial charge in [0, 0.05) is 6.42 Å². The number of ether oxygens (including phenoxy) is 1. The highest BCUT2D eigenvalue weighted by atomic mass is 16.5. The fourth-order valence-corrected chi connectivity index (χ4v) is 2.09. The third kappa shape index (κ3) is 2.53. The normalized spacial score (nSPS) is 19.6. The van der Waals surface area contributed by atoms with Crippen LogP contribution in [0.1, 0.15) is 41.6 Å². The predicted molar refractivity (Wildman–Crippen MR) is 65.5 cm³/mol. The van der Waals surface area contributed by atoms with Crippen LogP contribution >= 0.6 is 0 Å². The molecule has 1 aromatic rings. The Morgan fingerprint density at radius 2 is 2.17 bits per heavy atom. The number of hydrogen-bond acceptors (Lipinski definition) is 4. The van der Waals surface area contributed by atoms with Crippen LogP contribution < -0.4 is 0 Å². The van der Waals surface area contributed by atoms with Gasteiger partial charge in [0.1, 0.15) is 11.3 Å². The van der Waals surface area contributed by atoms with Crippen molar-refractivity contribution >= 4 is 11.8 Å². The lowest BCUT2D eigenvalue weighted by molar-refractivity contribution is -0.129. The molecule has 0 amide bonds. The first kappa shape index (κ1) is 12.6. The Morgan fingerprint density at radius 1 is 1.39 bits per heavy atom. The lowest BCUT2D eigenvalue weighted by Gasteiger charge is -2.20. The summed E-state index contributed by atoms with van der Waals surface area (Å²) in [6.45, 7) is 1.71. The van der Waals surface area contributed by atoms with Crippen molar-refractivity contribution in [1.29, 1.82) is 0 Å². The number of Topliss-reactive ketones (excluding diaryl/α,β-unsaturated/α-hetero) is 1. The van der Waals surface area contributed by atoms with E-state index in [0.29, 0.717) is 18.4 Å². The number of rotatable bonds is 2. The second-order valence-corrected chi connectivity index (χ2v) is 4.58. The Kier molecular flexibility index (Phi) is 3.65. The molecule has 0 bridgehead atoms. The SMILES string of the molecule is Cc1cccc(C(=O)O[C@@H]2CCCCC2=O)c1O. The fourth-order valence-electron chi connectivity index (χ4n) is 2.09. The predicted octanol–water partition coefficient (Wildman–Crippen LogP) is 2.37. The Labute approximate surface area is 106 Å². The van der Waals surface area contributed by atoms with Gasteiger partial charge in [-0.15, -0.1) is 0 Å². The van der Waals surface area contributed by atoms with Gasteiger partial charge >= 0.3 is 5.97 Å². The van der Waals surface area contributed by atoms with Crippen molar-refractivity contribution in [2.45, 2.75) is 38.7 Å². The van der Waals surface area contributed by atoms with Gasteiger partial charge in [-0.1, -0.05) is 12.1 Å².